The van der Waals surface area contributed by atoms with Crippen LogP contribution in [0, 0.1) is 6.92 Å². The second-order valence-corrected chi connectivity index (χ2v) is 7.01. The molecule has 0 amide bonds. The van der Waals surface area contributed by atoms with Gasteiger partial charge in [-0.25, -0.2) is 4.98 Å². The van der Waals surface area contributed by atoms with Crippen molar-refractivity contribution in [2.24, 2.45) is 7.05 Å². The van der Waals surface area contributed by atoms with E-state index in [2.05, 4.69) is 20.3 Å². The Balaban J connectivity index is 1.61. The fourth-order valence-electron chi connectivity index (χ4n) is 3.21. The van der Waals surface area contributed by atoms with Crippen molar-refractivity contribution >= 4 is 5.65 Å². The molecule has 2 aromatic carbocycles. The van der Waals surface area contributed by atoms with Crippen LogP contribution in [0.1, 0.15) is 11.4 Å². The van der Waals surface area contributed by atoms with Crippen LogP contribution in [0.15, 0.2) is 67.0 Å². The Morgan fingerprint density at radius 2 is 1.70 bits per heavy atom. The molecule has 0 aliphatic heterocycles. The van der Waals surface area contributed by atoms with Crippen LogP contribution in [0.3, 0.4) is 0 Å². The zero-order valence-corrected chi connectivity index (χ0v) is 16.6. The molecular weight excluding hydrogens is 378 g/mol. The van der Waals surface area contributed by atoms with E-state index in [1.54, 1.807) is 15.5 Å². The Hall–Kier alpha value is -4.07. The molecule has 0 fully saturated rings. The first kappa shape index (κ1) is 18.0. The Morgan fingerprint density at radius 3 is 2.43 bits per heavy atom. The molecule has 0 radical (unpaired) electrons. The molecule has 0 unspecified atom stereocenters. The largest absolute Gasteiger partial charge is 0.468 e. The summed E-state index contributed by atoms with van der Waals surface area (Å²) in [6, 6.07) is 20.0. The van der Waals surface area contributed by atoms with E-state index >= 15 is 0 Å². The fraction of sp³-hybridized carbons (Fsp3) is 0.136. The molecule has 0 atom stereocenters. The number of fused-ring (bicyclic) bond motifs is 1. The van der Waals surface area contributed by atoms with Crippen molar-refractivity contribution in [2.75, 3.05) is 0 Å². The number of hydrogen-bond acceptors (Lipinski definition) is 6. The van der Waals surface area contributed by atoms with Gasteiger partial charge in [0, 0.05) is 18.2 Å². The van der Waals surface area contributed by atoms with Crippen molar-refractivity contribution in [3.63, 3.8) is 0 Å². The predicted octanol–water partition coefficient (Wildman–Crippen LogP) is 3.47. The van der Waals surface area contributed by atoms with Gasteiger partial charge in [0.2, 0.25) is 5.88 Å². The lowest BCUT2D eigenvalue weighted by Crippen LogP contribution is -2.05. The van der Waals surface area contributed by atoms with Gasteiger partial charge in [0.1, 0.15) is 6.33 Å². The highest BCUT2D eigenvalue weighted by Crippen LogP contribution is 2.30. The molecule has 0 spiro atoms. The van der Waals surface area contributed by atoms with Crippen molar-refractivity contribution in [1.82, 2.24) is 34.6 Å². The van der Waals surface area contributed by atoms with E-state index in [0.717, 1.165) is 16.7 Å². The number of ether oxygens (including phenoxy) is 1. The molecule has 30 heavy (non-hydrogen) atoms. The maximum Gasteiger partial charge on any atom is 0.240 e. The summed E-state index contributed by atoms with van der Waals surface area (Å²) in [6.07, 6.45) is 1.64. The van der Waals surface area contributed by atoms with Crippen LogP contribution in [0.5, 0.6) is 5.88 Å². The Morgan fingerprint density at radius 1 is 0.900 bits per heavy atom. The standard InChI is InChI=1S/C22H19N7O/c1-15-8-10-17(11-9-15)21-25-24-20-12-18(16-6-4-3-5-7-16)22(27-29(20)21)30-13-19-23-14-28(2)26-19/h3-12,14H,13H2,1-2H3. The third-order valence-electron chi connectivity index (χ3n) is 4.74. The van der Waals surface area contributed by atoms with Crippen molar-refractivity contribution in [2.45, 2.75) is 13.5 Å². The first-order valence-corrected chi connectivity index (χ1v) is 9.53. The second-order valence-electron chi connectivity index (χ2n) is 7.01. The molecule has 5 aromatic rings. The molecule has 3 aromatic heterocycles. The summed E-state index contributed by atoms with van der Waals surface area (Å²) in [7, 11) is 1.82. The van der Waals surface area contributed by atoms with E-state index < -0.39 is 0 Å². The predicted molar refractivity (Wildman–Crippen MR) is 112 cm³/mol. The lowest BCUT2D eigenvalue weighted by atomic mass is 10.1. The van der Waals surface area contributed by atoms with Gasteiger partial charge in [-0.1, -0.05) is 60.2 Å². The maximum atomic E-state index is 6.05. The van der Waals surface area contributed by atoms with E-state index in [9.17, 15) is 0 Å². The molecule has 5 rings (SSSR count). The number of benzene rings is 2. The minimum atomic E-state index is 0.209. The number of rotatable bonds is 5. The van der Waals surface area contributed by atoms with Gasteiger partial charge in [0.05, 0.1) is 0 Å². The summed E-state index contributed by atoms with van der Waals surface area (Å²) in [6.45, 7) is 2.26. The molecule has 0 aliphatic carbocycles. The molecule has 0 N–H and O–H groups in total. The van der Waals surface area contributed by atoms with Gasteiger partial charge in [0.15, 0.2) is 23.9 Å². The van der Waals surface area contributed by atoms with Crippen molar-refractivity contribution in [3.8, 4) is 28.4 Å². The highest BCUT2D eigenvalue weighted by molar-refractivity contribution is 5.72. The topological polar surface area (TPSA) is 83.0 Å². The van der Waals surface area contributed by atoms with Crippen LogP contribution in [0.4, 0.5) is 0 Å². The van der Waals surface area contributed by atoms with Crippen molar-refractivity contribution < 1.29 is 4.74 Å². The summed E-state index contributed by atoms with van der Waals surface area (Å²) >= 11 is 0. The summed E-state index contributed by atoms with van der Waals surface area (Å²) in [5.74, 6) is 1.71. The summed E-state index contributed by atoms with van der Waals surface area (Å²) < 4.78 is 9.40. The summed E-state index contributed by atoms with van der Waals surface area (Å²) in [4.78, 5) is 4.23. The third kappa shape index (κ3) is 3.39. The van der Waals surface area contributed by atoms with Gasteiger partial charge in [-0.15, -0.1) is 15.3 Å². The molecule has 0 saturated carbocycles. The van der Waals surface area contributed by atoms with Crippen LogP contribution in [0.25, 0.3) is 28.2 Å². The molecule has 0 saturated heterocycles. The van der Waals surface area contributed by atoms with E-state index in [-0.39, 0.29) is 6.61 Å². The molecule has 0 aliphatic rings. The highest BCUT2D eigenvalue weighted by Gasteiger charge is 2.16. The molecule has 8 heteroatoms. The van der Waals surface area contributed by atoms with Gasteiger partial charge in [-0.3, -0.25) is 4.68 Å². The third-order valence-corrected chi connectivity index (χ3v) is 4.74. The fourth-order valence-corrected chi connectivity index (χ4v) is 3.21. The first-order chi connectivity index (χ1) is 14.7. The smallest absolute Gasteiger partial charge is 0.240 e. The van der Waals surface area contributed by atoms with Crippen LogP contribution in [0.2, 0.25) is 0 Å². The van der Waals surface area contributed by atoms with E-state index in [1.807, 2.05) is 74.6 Å². The minimum Gasteiger partial charge on any atom is -0.468 e. The number of aromatic nitrogens is 7. The molecular formula is C22H19N7O. The van der Waals surface area contributed by atoms with Crippen LogP contribution in [-0.2, 0) is 13.7 Å². The lowest BCUT2D eigenvalue weighted by Gasteiger charge is -2.10. The number of nitrogens with zero attached hydrogens (tertiary/aromatic N) is 7. The van der Waals surface area contributed by atoms with E-state index in [1.165, 1.54) is 5.56 Å². The Bertz CT molecular complexity index is 1310. The summed E-state index contributed by atoms with van der Waals surface area (Å²) in [5.41, 5.74) is 4.58. The normalized spacial score (nSPS) is 11.1. The quantitative estimate of drug-likeness (QED) is 0.452. The first-order valence-electron chi connectivity index (χ1n) is 9.53. The molecule has 148 valence electrons. The maximum absolute atomic E-state index is 6.05. The molecule has 3 heterocycles. The van der Waals surface area contributed by atoms with Crippen molar-refractivity contribution in [3.05, 3.63) is 78.4 Å². The van der Waals surface area contributed by atoms with Gasteiger partial charge in [0.25, 0.3) is 0 Å². The highest BCUT2D eigenvalue weighted by atomic mass is 16.5. The zero-order valence-electron chi connectivity index (χ0n) is 16.6. The monoisotopic (exact) mass is 397 g/mol. The lowest BCUT2D eigenvalue weighted by molar-refractivity contribution is 0.281. The van der Waals surface area contributed by atoms with Crippen LogP contribution < -0.4 is 4.74 Å². The van der Waals surface area contributed by atoms with Gasteiger partial charge >= 0.3 is 0 Å². The van der Waals surface area contributed by atoms with E-state index in [4.69, 9.17) is 9.84 Å². The van der Waals surface area contributed by atoms with Gasteiger partial charge in [-0.05, 0) is 18.6 Å². The molecule has 8 nitrogen and oxygen atoms in total. The Kier molecular flexibility index (Phi) is 4.44. The van der Waals surface area contributed by atoms with Crippen LogP contribution in [-0.4, -0.2) is 34.6 Å². The van der Waals surface area contributed by atoms with E-state index in [0.29, 0.717) is 23.2 Å². The SMILES string of the molecule is Cc1ccc(-c2nnc3cc(-c4ccccc4)c(OCc4ncn(C)n4)nn23)cc1. The average molecular weight is 397 g/mol. The van der Waals surface area contributed by atoms with Crippen LogP contribution >= 0.6 is 0 Å². The second kappa shape index (κ2) is 7.40. The minimum absolute atomic E-state index is 0.209. The summed E-state index contributed by atoms with van der Waals surface area (Å²) in [5, 5.41) is 17.7. The number of hydrogen-bond donors (Lipinski definition) is 0. The van der Waals surface area contributed by atoms with Gasteiger partial charge < -0.3 is 4.74 Å². The average Bonchev–Trinajstić information content (AvgIpc) is 3.38. The molecule has 0 bridgehead atoms. The van der Waals surface area contributed by atoms with Gasteiger partial charge in [-0.2, -0.15) is 9.61 Å². The van der Waals surface area contributed by atoms with Crippen molar-refractivity contribution in [1.29, 1.82) is 0 Å². The zero-order chi connectivity index (χ0) is 20.5. The Labute approximate surface area is 172 Å². The number of aryl methyl sites for hydroxylation is 2.